The Kier molecular flexibility index (Phi) is 3.70. The first-order valence-electron chi connectivity index (χ1n) is 6.05. The first-order chi connectivity index (χ1) is 8.02. The Morgan fingerprint density at radius 3 is 2.47 bits per heavy atom. The molecular formula is C12H21N3OS. The van der Waals surface area contributed by atoms with Gasteiger partial charge in [-0.1, -0.05) is 20.8 Å². The van der Waals surface area contributed by atoms with E-state index in [1.54, 1.807) is 11.3 Å². The fraction of sp³-hybridized carbons (Fsp3) is 0.750. The highest BCUT2D eigenvalue weighted by atomic mass is 32.1. The van der Waals surface area contributed by atoms with E-state index in [9.17, 15) is 0 Å². The molecule has 0 amide bonds. The quantitative estimate of drug-likeness (QED) is 0.874. The second-order valence-electron chi connectivity index (χ2n) is 5.32. The van der Waals surface area contributed by atoms with Crippen molar-refractivity contribution in [3.8, 4) is 0 Å². The Morgan fingerprint density at radius 1 is 1.35 bits per heavy atom. The minimum absolute atomic E-state index is 0.0652. The van der Waals surface area contributed by atoms with Gasteiger partial charge in [-0.15, -0.1) is 11.3 Å². The summed E-state index contributed by atoms with van der Waals surface area (Å²) in [7, 11) is 0. The number of rotatable bonds is 2. The summed E-state index contributed by atoms with van der Waals surface area (Å²) in [5.41, 5.74) is 7.03. The first kappa shape index (κ1) is 12.8. The van der Waals surface area contributed by atoms with Crippen LogP contribution in [0.5, 0.6) is 0 Å². The molecular weight excluding hydrogens is 234 g/mol. The highest BCUT2D eigenvalue weighted by Crippen LogP contribution is 2.33. The summed E-state index contributed by atoms with van der Waals surface area (Å²) >= 11 is 1.73. The molecule has 4 nitrogen and oxygen atoms in total. The Labute approximate surface area is 107 Å². The van der Waals surface area contributed by atoms with Gasteiger partial charge in [0.05, 0.1) is 18.9 Å². The average Bonchev–Trinajstić information content (AvgIpc) is 2.74. The third-order valence-electron chi connectivity index (χ3n) is 2.86. The lowest BCUT2D eigenvalue weighted by Crippen LogP contribution is -2.36. The molecule has 17 heavy (non-hydrogen) atoms. The van der Waals surface area contributed by atoms with Gasteiger partial charge in [0.1, 0.15) is 0 Å². The number of hydrogen-bond donors (Lipinski definition) is 1. The number of anilines is 1. The predicted molar refractivity (Wildman–Crippen MR) is 71.7 cm³/mol. The molecule has 0 saturated carbocycles. The normalized spacial score (nSPS) is 17.5. The number of nitrogens with two attached hydrogens (primary N) is 1. The minimum atomic E-state index is 0.0652. The van der Waals surface area contributed by atoms with Crippen molar-refractivity contribution in [3.63, 3.8) is 0 Å². The van der Waals surface area contributed by atoms with Gasteiger partial charge >= 0.3 is 0 Å². The zero-order valence-corrected chi connectivity index (χ0v) is 11.6. The van der Waals surface area contributed by atoms with Gasteiger partial charge in [-0.2, -0.15) is 0 Å². The molecule has 0 atom stereocenters. The first-order valence-corrected chi connectivity index (χ1v) is 6.87. The van der Waals surface area contributed by atoms with E-state index < -0.39 is 0 Å². The summed E-state index contributed by atoms with van der Waals surface area (Å²) in [6.07, 6.45) is 0. The van der Waals surface area contributed by atoms with Crippen molar-refractivity contribution < 1.29 is 4.74 Å². The third kappa shape index (κ3) is 2.78. The van der Waals surface area contributed by atoms with Crippen LogP contribution in [0.1, 0.15) is 31.3 Å². The molecule has 96 valence electrons. The van der Waals surface area contributed by atoms with Crippen LogP contribution in [-0.4, -0.2) is 31.3 Å². The molecule has 1 saturated heterocycles. The molecule has 5 heteroatoms. The van der Waals surface area contributed by atoms with Gasteiger partial charge in [-0.25, -0.2) is 4.98 Å². The number of thiazole rings is 1. The highest BCUT2D eigenvalue weighted by Gasteiger charge is 2.25. The smallest absolute Gasteiger partial charge is 0.186 e. The van der Waals surface area contributed by atoms with Crippen LogP contribution in [0.3, 0.4) is 0 Å². The molecule has 2 heterocycles. The van der Waals surface area contributed by atoms with Crippen LogP contribution in [0.2, 0.25) is 0 Å². The molecule has 2 N–H and O–H groups in total. The zero-order chi connectivity index (χ0) is 12.5. The lowest BCUT2D eigenvalue weighted by molar-refractivity contribution is 0.122. The number of hydrogen-bond acceptors (Lipinski definition) is 5. The van der Waals surface area contributed by atoms with Gasteiger partial charge in [0, 0.05) is 29.9 Å². The molecule has 1 aromatic rings. The summed E-state index contributed by atoms with van der Waals surface area (Å²) < 4.78 is 5.36. The fourth-order valence-electron chi connectivity index (χ4n) is 1.95. The van der Waals surface area contributed by atoms with Crippen molar-refractivity contribution in [2.24, 2.45) is 5.73 Å². The summed E-state index contributed by atoms with van der Waals surface area (Å²) in [4.78, 5) is 8.29. The number of morpholine rings is 1. The second-order valence-corrected chi connectivity index (χ2v) is 6.38. The van der Waals surface area contributed by atoms with E-state index in [0.717, 1.165) is 37.1 Å². The van der Waals surface area contributed by atoms with E-state index in [0.29, 0.717) is 6.54 Å². The molecule has 1 aliphatic heterocycles. The lowest BCUT2D eigenvalue weighted by Gasteiger charge is -2.26. The molecule has 1 aromatic heterocycles. The zero-order valence-electron chi connectivity index (χ0n) is 10.8. The summed E-state index contributed by atoms with van der Waals surface area (Å²) in [5.74, 6) is 0. The van der Waals surface area contributed by atoms with Crippen molar-refractivity contribution in [2.45, 2.75) is 32.7 Å². The lowest BCUT2D eigenvalue weighted by atomic mass is 9.91. The van der Waals surface area contributed by atoms with E-state index in [-0.39, 0.29) is 5.41 Å². The average molecular weight is 255 g/mol. The Hall–Kier alpha value is -0.650. The van der Waals surface area contributed by atoms with Crippen LogP contribution < -0.4 is 10.6 Å². The maximum absolute atomic E-state index is 5.82. The summed E-state index contributed by atoms with van der Waals surface area (Å²) in [5, 5.41) is 1.10. The van der Waals surface area contributed by atoms with E-state index >= 15 is 0 Å². The standard InChI is InChI=1S/C12H21N3OS/c1-12(2,3)10-9(8-13)17-11(14-10)15-4-6-16-7-5-15/h4-8,13H2,1-3H3. The maximum Gasteiger partial charge on any atom is 0.186 e. The number of aromatic nitrogens is 1. The monoisotopic (exact) mass is 255 g/mol. The minimum Gasteiger partial charge on any atom is -0.378 e. The van der Waals surface area contributed by atoms with Crippen LogP contribution in [0.15, 0.2) is 0 Å². The molecule has 0 spiro atoms. The molecule has 1 fully saturated rings. The van der Waals surface area contributed by atoms with Gasteiger partial charge in [-0.3, -0.25) is 0 Å². The largest absolute Gasteiger partial charge is 0.378 e. The summed E-state index contributed by atoms with van der Waals surface area (Å²) in [6.45, 7) is 10.6. The van der Waals surface area contributed by atoms with Crippen LogP contribution in [0.4, 0.5) is 5.13 Å². The van der Waals surface area contributed by atoms with Crippen molar-refractivity contribution in [1.82, 2.24) is 4.98 Å². The summed E-state index contributed by atoms with van der Waals surface area (Å²) in [6, 6.07) is 0. The maximum atomic E-state index is 5.82. The second kappa shape index (κ2) is 4.92. The van der Waals surface area contributed by atoms with Crippen LogP contribution in [0, 0.1) is 0 Å². The molecule has 0 bridgehead atoms. The third-order valence-corrected chi connectivity index (χ3v) is 4.00. The van der Waals surface area contributed by atoms with Crippen molar-refractivity contribution in [2.75, 3.05) is 31.2 Å². The highest BCUT2D eigenvalue weighted by molar-refractivity contribution is 7.15. The Morgan fingerprint density at radius 2 is 2.00 bits per heavy atom. The Bertz CT molecular complexity index is 378. The van der Waals surface area contributed by atoms with E-state index in [2.05, 4.69) is 25.7 Å². The van der Waals surface area contributed by atoms with Crippen molar-refractivity contribution in [3.05, 3.63) is 10.6 Å². The van der Waals surface area contributed by atoms with Gasteiger partial charge in [0.25, 0.3) is 0 Å². The topological polar surface area (TPSA) is 51.4 Å². The van der Waals surface area contributed by atoms with Crippen LogP contribution in [0.25, 0.3) is 0 Å². The molecule has 0 aliphatic carbocycles. The molecule has 1 aliphatic rings. The van der Waals surface area contributed by atoms with E-state index in [1.165, 1.54) is 4.88 Å². The Balaban J connectivity index is 2.27. The van der Waals surface area contributed by atoms with Crippen molar-refractivity contribution >= 4 is 16.5 Å². The molecule has 0 aromatic carbocycles. The number of ether oxygens (including phenoxy) is 1. The van der Waals surface area contributed by atoms with Gasteiger partial charge in [0.2, 0.25) is 0 Å². The number of nitrogens with zero attached hydrogens (tertiary/aromatic N) is 2. The van der Waals surface area contributed by atoms with Crippen LogP contribution >= 0.6 is 11.3 Å². The van der Waals surface area contributed by atoms with Gasteiger partial charge < -0.3 is 15.4 Å². The van der Waals surface area contributed by atoms with Crippen molar-refractivity contribution in [1.29, 1.82) is 0 Å². The van der Waals surface area contributed by atoms with Gasteiger partial charge in [0.15, 0.2) is 5.13 Å². The van der Waals surface area contributed by atoms with Crippen LogP contribution in [-0.2, 0) is 16.7 Å². The van der Waals surface area contributed by atoms with Gasteiger partial charge in [-0.05, 0) is 0 Å². The van der Waals surface area contributed by atoms with E-state index in [4.69, 9.17) is 15.5 Å². The molecule has 0 radical (unpaired) electrons. The fourth-order valence-corrected chi connectivity index (χ4v) is 3.15. The molecule has 2 rings (SSSR count). The predicted octanol–water partition coefficient (Wildman–Crippen LogP) is 1.74. The van der Waals surface area contributed by atoms with E-state index in [1.807, 2.05) is 0 Å². The molecule has 0 unspecified atom stereocenters. The SMILES string of the molecule is CC(C)(C)c1nc(N2CCOCC2)sc1CN.